The van der Waals surface area contributed by atoms with Gasteiger partial charge in [-0.15, -0.1) is 12.4 Å². The zero-order valence-corrected chi connectivity index (χ0v) is 14.6. The van der Waals surface area contributed by atoms with Gasteiger partial charge >= 0.3 is 0 Å². The van der Waals surface area contributed by atoms with Crippen LogP contribution in [-0.4, -0.2) is 46.4 Å². The summed E-state index contributed by atoms with van der Waals surface area (Å²) in [5.74, 6) is 1.34. The Bertz CT molecular complexity index is 519. The van der Waals surface area contributed by atoms with Gasteiger partial charge in [-0.2, -0.15) is 0 Å². The number of hydrogen-bond acceptors (Lipinski definition) is 5. The lowest BCUT2D eigenvalue weighted by Gasteiger charge is -2.15. The van der Waals surface area contributed by atoms with Gasteiger partial charge in [0.25, 0.3) is 5.91 Å². The van der Waals surface area contributed by atoms with Crippen molar-refractivity contribution in [2.75, 3.05) is 34.4 Å². The minimum atomic E-state index is -0.171. The molecule has 2 N–H and O–H groups in total. The van der Waals surface area contributed by atoms with Gasteiger partial charge in [-0.05, 0) is 25.8 Å². The van der Waals surface area contributed by atoms with Crippen molar-refractivity contribution in [3.05, 3.63) is 17.7 Å². The maximum Gasteiger partial charge on any atom is 0.255 e. The third-order valence-electron chi connectivity index (χ3n) is 3.89. The predicted octanol–water partition coefficient (Wildman–Crippen LogP) is 2.01. The summed E-state index contributed by atoms with van der Waals surface area (Å²) in [6.07, 6.45) is 3.32. The molecule has 1 atom stereocenters. The van der Waals surface area contributed by atoms with E-state index < -0.39 is 0 Å². The Morgan fingerprint density at radius 1 is 1.17 bits per heavy atom. The zero-order valence-electron chi connectivity index (χ0n) is 13.8. The molecule has 23 heavy (non-hydrogen) atoms. The Morgan fingerprint density at radius 3 is 2.39 bits per heavy atom. The van der Waals surface area contributed by atoms with Crippen LogP contribution in [0.25, 0.3) is 0 Å². The molecule has 0 unspecified atom stereocenters. The van der Waals surface area contributed by atoms with Crippen LogP contribution in [-0.2, 0) is 0 Å². The monoisotopic (exact) mass is 344 g/mol. The van der Waals surface area contributed by atoms with Crippen molar-refractivity contribution >= 4 is 18.3 Å². The molecule has 0 bridgehead atoms. The Morgan fingerprint density at radius 2 is 1.83 bits per heavy atom. The Kier molecular flexibility index (Phi) is 7.98. The summed E-state index contributed by atoms with van der Waals surface area (Å²) in [7, 11) is 4.61. The van der Waals surface area contributed by atoms with Crippen LogP contribution < -0.4 is 24.8 Å². The molecule has 6 nitrogen and oxygen atoms in total. The molecule has 0 saturated carbocycles. The van der Waals surface area contributed by atoms with Crippen LogP contribution in [0, 0.1) is 0 Å². The first-order chi connectivity index (χ1) is 10.7. The first kappa shape index (κ1) is 19.4. The lowest BCUT2D eigenvalue weighted by atomic mass is 10.1. The molecule has 1 aromatic rings. The third-order valence-corrected chi connectivity index (χ3v) is 3.89. The number of rotatable bonds is 7. The summed E-state index contributed by atoms with van der Waals surface area (Å²) < 4.78 is 15.7. The highest BCUT2D eigenvalue weighted by Crippen LogP contribution is 2.34. The first-order valence-electron chi connectivity index (χ1n) is 7.51. The second kappa shape index (κ2) is 9.47. The molecule has 1 aromatic carbocycles. The van der Waals surface area contributed by atoms with E-state index >= 15 is 0 Å². The van der Waals surface area contributed by atoms with E-state index in [1.54, 1.807) is 19.2 Å². The summed E-state index contributed by atoms with van der Waals surface area (Å²) in [6, 6.07) is 3.81. The van der Waals surface area contributed by atoms with Crippen LogP contribution in [0.2, 0.25) is 0 Å². The van der Waals surface area contributed by atoms with Crippen LogP contribution in [0.15, 0.2) is 12.1 Å². The summed E-state index contributed by atoms with van der Waals surface area (Å²) in [6.45, 7) is 1.70. The van der Waals surface area contributed by atoms with Crippen molar-refractivity contribution in [3.63, 3.8) is 0 Å². The predicted molar refractivity (Wildman–Crippen MR) is 91.3 cm³/mol. The third kappa shape index (κ3) is 4.91. The highest BCUT2D eigenvalue weighted by Gasteiger charge is 2.18. The normalized spacial score (nSPS) is 16.4. The number of amides is 1. The van der Waals surface area contributed by atoms with Crippen LogP contribution in [0.3, 0.4) is 0 Å². The van der Waals surface area contributed by atoms with Gasteiger partial charge < -0.3 is 24.8 Å². The number of carbonyl (C=O) groups excluding carboxylic acids is 1. The van der Waals surface area contributed by atoms with E-state index in [0.29, 0.717) is 35.4 Å². The number of nitrogens with one attached hydrogen (secondary N) is 2. The molecular weight excluding hydrogens is 320 g/mol. The molecule has 7 heteroatoms. The summed E-state index contributed by atoms with van der Waals surface area (Å²) in [5.41, 5.74) is 0.444. The number of benzene rings is 1. The smallest absolute Gasteiger partial charge is 0.255 e. The fourth-order valence-corrected chi connectivity index (χ4v) is 2.66. The first-order valence-corrected chi connectivity index (χ1v) is 7.51. The van der Waals surface area contributed by atoms with Crippen molar-refractivity contribution < 1.29 is 19.0 Å². The van der Waals surface area contributed by atoms with E-state index in [9.17, 15) is 4.79 Å². The van der Waals surface area contributed by atoms with Gasteiger partial charge in [0.05, 0.1) is 26.9 Å². The van der Waals surface area contributed by atoms with Gasteiger partial charge in [0.15, 0.2) is 11.5 Å². The van der Waals surface area contributed by atoms with Gasteiger partial charge in [0.1, 0.15) is 5.75 Å². The van der Waals surface area contributed by atoms with Gasteiger partial charge in [-0.25, -0.2) is 0 Å². The van der Waals surface area contributed by atoms with E-state index in [0.717, 1.165) is 13.0 Å². The van der Waals surface area contributed by atoms with Crippen LogP contribution in [0.4, 0.5) is 0 Å². The second-order valence-electron chi connectivity index (χ2n) is 5.25. The van der Waals surface area contributed by atoms with Crippen molar-refractivity contribution in [2.45, 2.75) is 25.3 Å². The number of methoxy groups -OCH3 is 3. The quantitative estimate of drug-likeness (QED) is 0.792. The Labute approximate surface area is 143 Å². The molecular formula is C16H25ClN2O4. The average molecular weight is 345 g/mol. The maximum absolute atomic E-state index is 12.4. The van der Waals surface area contributed by atoms with E-state index in [1.165, 1.54) is 27.1 Å². The lowest BCUT2D eigenvalue weighted by molar-refractivity contribution is 0.0949. The number of hydrogen-bond donors (Lipinski definition) is 2. The second-order valence-corrected chi connectivity index (χ2v) is 5.25. The van der Waals surface area contributed by atoms with E-state index in [1.807, 2.05) is 0 Å². The molecule has 1 saturated heterocycles. The zero-order chi connectivity index (χ0) is 15.9. The number of carbonyl (C=O) groups is 1. The lowest BCUT2D eigenvalue weighted by Crippen LogP contribution is -2.30. The van der Waals surface area contributed by atoms with Gasteiger partial charge in [0, 0.05) is 24.7 Å². The van der Waals surface area contributed by atoms with Gasteiger partial charge in [0.2, 0.25) is 0 Å². The van der Waals surface area contributed by atoms with E-state index in [2.05, 4.69) is 10.6 Å². The van der Waals surface area contributed by atoms with Crippen molar-refractivity contribution in [2.24, 2.45) is 0 Å². The molecule has 0 spiro atoms. The largest absolute Gasteiger partial charge is 0.496 e. The molecule has 0 aromatic heterocycles. The van der Waals surface area contributed by atoms with Gasteiger partial charge in [-0.3, -0.25) is 4.79 Å². The van der Waals surface area contributed by atoms with E-state index in [-0.39, 0.29) is 18.3 Å². The minimum Gasteiger partial charge on any atom is -0.496 e. The molecule has 1 aliphatic rings. The molecule has 2 rings (SSSR count). The fraction of sp³-hybridized carbons (Fsp3) is 0.562. The van der Waals surface area contributed by atoms with Crippen LogP contribution >= 0.6 is 12.4 Å². The van der Waals surface area contributed by atoms with Crippen LogP contribution in [0.1, 0.15) is 29.6 Å². The van der Waals surface area contributed by atoms with Crippen molar-refractivity contribution in [3.8, 4) is 17.2 Å². The molecule has 1 aliphatic heterocycles. The molecule has 0 radical (unpaired) electrons. The topological polar surface area (TPSA) is 68.8 Å². The number of ether oxygens (including phenoxy) is 3. The van der Waals surface area contributed by atoms with Crippen molar-refractivity contribution in [1.82, 2.24) is 10.6 Å². The number of halogens is 1. The fourth-order valence-electron chi connectivity index (χ4n) is 2.66. The Balaban J connectivity index is 0.00000264. The Hall–Kier alpha value is -1.66. The highest BCUT2D eigenvalue weighted by molar-refractivity contribution is 5.97. The van der Waals surface area contributed by atoms with Crippen molar-refractivity contribution in [1.29, 1.82) is 0 Å². The minimum absolute atomic E-state index is 0. The summed E-state index contributed by atoms with van der Waals surface area (Å²) in [4.78, 5) is 12.4. The summed E-state index contributed by atoms with van der Waals surface area (Å²) >= 11 is 0. The molecule has 1 amide bonds. The molecule has 130 valence electrons. The summed E-state index contributed by atoms with van der Waals surface area (Å²) in [5, 5.41) is 6.35. The molecule has 0 aliphatic carbocycles. The van der Waals surface area contributed by atoms with Crippen LogP contribution in [0.5, 0.6) is 17.2 Å². The highest BCUT2D eigenvalue weighted by atomic mass is 35.5. The SMILES string of the molecule is COc1cc(OC)c(C(=O)NCC[C@H]2CCCN2)cc1OC.Cl. The maximum atomic E-state index is 12.4. The average Bonchev–Trinajstić information content (AvgIpc) is 3.06. The molecule has 1 heterocycles. The standard InChI is InChI=1S/C16H24N2O4.ClH/c1-20-13-10-15(22-3)14(21-2)9-12(13)16(19)18-8-6-11-5-4-7-17-11;/h9-11,17H,4-8H2,1-3H3,(H,18,19);1H/t11-;/m1./s1. The molecule has 1 fully saturated rings. The van der Waals surface area contributed by atoms with E-state index in [4.69, 9.17) is 14.2 Å². The van der Waals surface area contributed by atoms with Gasteiger partial charge in [-0.1, -0.05) is 0 Å².